The van der Waals surface area contributed by atoms with E-state index in [0.29, 0.717) is 16.7 Å². The Balaban J connectivity index is 2.48. The summed E-state index contributed by atoms with van der Waals surface area (Å²) in [5.41, 5.74) is 1.64. The zero-order chi connectivity index (χ0) is 11.7. The molecule has 0 radical (unpaired) electrons. The monoisotopic (exact) mass is 219 g/mol. The van der Waals surface area contributed by atoms with Gasteiger partial charge in [0.25, 0.3) is 5.91 Å². The maximum absolute atomic E-state index is 11.9. The Hall–Kier alpha value is -1.98. The number of nitrogens with one attached hydrogen (secondary N) is 1. The molecule has 0 fully saturated rings. The molecule has 2 heterocycles. The standard InChI is InChI=1S/C10H13N5O/c1-6(2)12-10(16)7-4-5-11-9-8(7)13-14-15(9)3/h4-6H,1-3H3,(H,12,16). The first-order valence-corrected chi connectivity index (χ1v) is 5.05. The Morgan fingerprint density at radius 2 is 2.25 bits per heavy atom. The third kappa shape index (κ3) is 1.73. The lowest BCUT2D eigenvalue weighted by molar-refractivity contribution is 0.0944. The quantitative estimate of drug-likeness (QED) is 0.798. The minimum Gasteiger partial charge on any atom is -0.350 e. The van der Waals surface area contributed by atoms with Crippen molar-refractivity contribution in [3.8, 4) is 0 Å². The summed E-state index contributed by atoms with van der Waals surface area (Å²) in [7, 11) is 1.74. The molecule has 2 rings (SSSR count). The molecule has 0 spiro atoms. The smallest absolute Gasteiger partial charge is 0.253 e. The molecule has 84 valence electrons. The number of amides is 1. The highest BCUT2D eigenvalue weighted by Gasteiger charge is 2.14. The number of rotatable bonds is 2. The Bertz CT molecular complexity index is 531. The molecule has 1 N–H and O–H groups in total. The van der Waals surface area contributed by atoms with E-state index >= 15 is 0 Å². The van der Waals surface area contributed by atoms with Gasteiger partial charge in [0.15, 0.2) is 5.65 Å². The van der Waals surface area contributed by atoms with Crippen molar-refractivity contribution < 1.29 is 4.79 Å². The summed E-state index contributed by atoms with van der Waals surface area (Å²) >= 11 is 0. The SMILES string of the molecule is CC(C)NC(=O)c1ccnc2c1nnn2C. The Morgan fingerprint density at radius 3 is 2.94 bits per heavy atom. The van der Waals surface area contributed by atoms with Gasteiger partial charge in [-0.1, -0.05) is 5.21 Å². The lowest BCUT2D eigenvalue weighted by Gasteiger charge is -2.07. The van der Waals surface area contributed by atoms with Crippen LogP contribution >= 0.6 is 0 Å². The van der Waals surface area contributed by atoms with Crippen LogP contribution in [0.15, 0.2) is 12.3 Å². The van der Waals surface area contributed by atoms with Gasteiger partial charge in [-0.25, -0.2) is 9.67 Å². The van der Waals surface area contributed by atoms with Gasteiger partial charge in [0.2, 0.25) is 0 Å². The maximum Gasteiger partial charge on any atom is 0.253 e. The fourth-order valence-electron chi connectivity index (χ4n) is 1.46. The molecule has 0 aliphatic carbocycles. The second-order valence-electron chi connectivity index (χ2n) is 3.87. The molecule has 0 atom stereocenters. The van der Waals surface area contributed by atoms with Crippen LogP contribution < -0.4 is 5.32 Å². The van der Waals surface area contributed by atoms with Gasteiger partial charge in [0.05, 0.1) is 5.56 Å². The van der Waals surface area contributed by atoms with Crippen molar-refractivity contribution >= 4 is 17.1 Å². The Morgan fingerprint density at radius 1 is 1.50 bits per heavy atom. The molecule has 0 bridgehead atoms. The number of fused-ring (bicyclic) bond motifs is 1. The number of aryl methyl sites for hydroxylation is 1. The normalized spacial score (nSPS) is 11.0. The maximum atomic E-state index is 11.9. The zero-order valence-corrected chi connectivity index (χ0v) is 9.43. The van der Waals surface area contributed by atoms with E-state index in [9.17, 15) is 4.79 Å². The number of aromatic nitrogens is 4. The Kier molecular flexibility index (Phi) is 2.55. The predicted molar refractivity (Wildman–Crippen MR) is 58.9 cm³/mol. The second-order valence-corrected chi connectivity index (χ2v) is 3.87. The highest BCUT2D eigenvalue weighted by atomic mass is 16.1. The number of hydrogen-bond donors (Lipinski definition) is 1. The number of hydrogen-bond acceptors (Lipinski definition) is 4. The minimum atomic E-state index is -0.150. The van der Waals surface area contributed by atoms with Crippen LogP contribution in [0.4, 0.5) is 0 Å². The average molecular weight is 219 g/mol. The molecule has 6 nitrogen and oxygen atoms in total. The van der Waals surface area contributed by atoms with Gasteiger partial charge in [-0.05, 0) is 19.9 Å². The minimum absolute atomic E-state index is 0.0902. The van der Waals surface area contributed by atoms with Gasteiger partial charge >= 0.3 is 0 Å². The third-order valence-corrected chi connectivity index (χ3v) is 2.15. The zero-order valence-electron chi connectivity index (χ0n) is 9.43. The molecular formula is C10H13N5O. The van der Waals surface area contributed by atoms with Crippen LogP contribution in [0.5, 0.6) is 0 Å². The predicted octanol–water partition coefficient (Wildman–Crippen LogP) is 0.501. The number of nitrogens with zero attached hydrogens (tertiary/aromatic N) is 4. The van der Waals surface area contributed by atoms with Crippen LogP contribution in [-0.2, 0) is 7.05 Å². The van der Waals surface area contributed by atoms with Crippen LogP contribution in [0.2, 0.25) is 0 Å². The summed E-state index contributed by atoms with van der Waals surface area (Å²) < 4.78 is 1.54. The molecule has 1 amide bonds. The summed E-state index contributed by atoms with van der Waals surface area (Å²) in [6.45, 7) is 3.82. The van der Waals surface area contributed by atoms with E-state index in [1.54, 1.807) is 24.0 Å². The fourth-order valence-corrected chi connectivity index (χ4v) is 1.46. The molecule has 2 aromatic rings. The van der Waals surface area contributed by atoms with Crippen LogP contribution in [0, 0.1) is 0 Å². The molecular weight excluding hydrogens is 206 g/mol. The van der Waals surface area contributed by atoms with Gasteiger partial charge in [0.1, 0.15) is 5.52 Å². The van der Waals surface area contributed by atoms with E-state index in [1.807, 2.05) is 13.8 Å². The molecule has 0 saturated carbocycles. The van der Waals surface area contributed by atoms with Gasteiger partial charge in [-0.15, -0.1) is 5.10 Å². The number of carbonyl (C=O) groups is 1. The van der Waals surface area contributed by atoms with Crippen molar-refractivity contribution in [2.24, 2.45) is 7.05 Å². The molecule has 2 aromatic heterocycles. The summed E-state index contributed by atoms with van der Waals surface area (Å²) in [5, 5.41) is 10.6. The molecule has 0 aromatic carbocycles. The lowest BCUT2D eigenvalue weighted by Crippen LogP contribution is -2.30. The van der Waals surface area contributed by atoms with Crippen LogP contribution in [0.1, 0.15) is 24.2 Å². The largest absolute Gasteiger partial charge is 0.350 e. The fraction of sp³-hybridized carbons (Fsp3) is 0.400. The molecule has 0 saturated heterocycles. The first-order chi connectivity index (χ1) is 7.59. The van der Waals surface area contributed by atoms with Crippen molar-refractivity contribution in [1.82, 2.24) is 25.3 Å². The second kappa shape index (κ2) is 3.88. The van der Waals surface area contributed by atoms with Crippen molar-refractivity contribution in [2.75, 3.05) is 0 Å². The number of carbonyl (C=O) groups excluding carboxylic acids is 1. The van der Waals surface area contributed by atoms with E-state index in [4.69, 9.17) is 0 Å². The van der Waals surface area contributed by atoms with E-state index in [2.05, 4.69) is 20.6 Å². The molecule has 6 heteroatoms. The van der Waals surface area contributed by atoms with Crippen molar-refractivity contribution in [3.05, 3.63) is 17.8 Å². The first kappa shape index (κ1) is 10.5. The van der Waals surface area contributed by atoms with Gasteiger partial charge in [-0.3, -0.25) is 4.79 Å². The molecule has 16 heavy (non-hydrogen) atoms. The van der Waals surface area contributed by atoms with Crippen molar-refractivity contribution in [3.63, 3.8) is 0 Å². The topological polar surface area (TPSA) is 72.7 Å². The highest BCUT2D eigenvalue weighted by Crippen LogP contribution is 2.12. The van der Waals surface area contributed by atoms with E-state index in [1.165, 1.54) is 0 Å². The summed E-state index contributed by atoms with van der Waals surface area (Å²) in [5.74, 6) is -0.150. The molecule has 0 aliphatic rings. The van der Waals surface area contributed by atoms with Gasteiger partial charge in [-0.2, -0.15) is 0 Å². The summed E-state index contributed by atoms with van der Waals surface area (Å²) in [4.78, 5) is 16.0. The first-order valence-electron chi connectivity index (χ1n) is 5.05. The van der Waals surface area contributed by atoms with Gasteiger partial charge in [0, 0.05) is 19.3 Å². The van der Waals surface area contributed by atoms with E-state index < -0.39 is 0 Å². The van der Waals surface area contributed by atoms with Crippen LogP contribution in [-0.4, -0.2) is 31.9 Å². The van der Waals surface area contributed by atoms with E-state index in [-0.39, 0.29) is 11.9 Å². The average Bonchev–Trinajstić information content (AvgIpc) is 2.59. The van der Waals surface area contributed by atoms with Gasteiger partial charge < -0.3 is 5.32 Å². The van der Waals surface area contributed by atoms with Crippen LogP contribution in [0.25, 0.3) is 11.2 Å². The summed E-state index contributed by atoms with van der Waals surface area (Å²) in [6, 6.07) is 1.74. The van der Waals surface area contributed by atoms with Crippen molar-refractivity contribution in [2.45, 2.75) is 19.9 Å². The highest BCUT2D eigenvalue weighted by molar-refractivity contribution is 6.03. The van der Waals surface area contributed by atoms with E-state index in [0.717, 1.165) is 0 Å². The van der Waals surface area contributed by atoms with Crippen LogP contribution in [0.3, 0.4) is 0 Å². The lowest BCUT2D eigenvalue weighted by atomic mass is 10.2. The van der Waals surface area contributed by atoms with Crippen molar-refractivity contribution in [1.29, 1.82) is 0 Å². The summed E-state index contributed by atoms with van der Waals surface area (Å²) in [6.07, 6.45) is 1.58. The number of pyridine rings is 1. The third-order valence-electron chi connectivity index (χ3n) is 2.15. The Labute approximate surface area is 92.7 Å². The molecule has 0 unspecified atom stereocenters. The molecule has 0 aliphatic heterocycles.